The predicted octanol–water partition coefficient (Wildman–Crippen LogP) is 5.14. The van der Waals surface area contributed by atoms with E-state index in [4.69, 9.17) is 14.2 Å². The van der Waals surface area contributed by atoms with Gasteiger partial charge in [-0.05, 0) is 48.4 Å². The first kappa shape index (κ1) is 24.9. The van der Waals surface area contributed by atoms with E-state index < -0.39 is 0 Å². The second-order valence-electron chi connectivity index (χ2n) is 8.03. The highest BCUT2D eigenvalue weighted by atomic mass is 16.5. The summed E-state index contributed by atoms with van der Waals surface area (Å²) in [6.07, 6.45) is 0.926. The molecule has 0 aromatic heterocycles. The Labute approximate surface area is 200 Å². The van der Waals surface area contributed by atoms with Crippen LogP contribution in [0.3, 0.4) is 0 Å². The third-order valence-corrected chi connectivity index (χ3v) is 5.91. The van der Waals surface area contributed by atoms with Crippen LogP contribution in [0.1, 0.15) is 37.0 Å². The number of hydrogen-bond donors (Lipinski definition) is 1. The van der Waals surface area contributed by atoms with E-state index in [2.05, 4.69) is 5.32 Å². The number of benzene rings is 3. The number of anilines is 1. The van der Waals surface area contributed by atoms with Crippen molar-refractivity contribution in [3.63, 3.8) is 0 Å². The fraction of sp³-hybridized carbons (Fsp3) is 0.333. The summed E-state index contributed by atoms with van der Waals surface area (Å²) in [5.41, 5.74) is 1.14. The minimum Gasteiger partial charge on any atom is -0.493 e. The maximum Gasteiger partial charge on any atom is 0.254 e. The summed E-state index contributed by atoms with van der Waals surface area (Å²) in [5, 5.41) is 5.11. The van der Waals surface area contributed by atoms with Crippen molar-refractivity contribution in [1.29, 1.82) is 0 Å². The lowest BCUT2D eigenvalue weighted by Gasteiger charge is -2.29. The summed E-state index contributed by atoms with van der Waals surface area (Å²) in [6, 6.07) is 17.0. The minimum absolute atomic E-state index is 0.0555. The van der Waals surface area contributed by atoms with Crippen molar-refractivity contribution >= 4 is 28.3 Å². The zero-order chi connectivity index (χ0) is 24.7. The van der Waals surface area contributed by atoms with Gasteiger partial charge in [-0.3, -0.25) is 9.59 Å². The molecule has 2 amide bonds. The Morgan fingerprint density at radius 3 is 2.15 bits per heavy atom. The smallest absolute Gasteiger partial charge is 0.254 e. The Morgan fingerprint density at radius 2 is 1.56 bits per heavy atom. The van der Waals surface area contributed by atoms with Crippen LogP contribution in [0.5, 0.6) is 17.2 Å². The van der Waals surface area contributed by atoms with Gasteiger partial charge in [0.1, 0.15) is 0 Å². The molecule has 3 aromatic carbocycles. The molecule has 7 heteroatoms. The van der Waals surface area contributed by atoms with Gasteiger partial charge in [-0.25, -0.2) is 0 Å². The van der Waals surface area contributed by atoms with Crippen LogP contribution in [-0.2, 0) is 4.79 Å². The summed E-state index contributed by atoms with van der Waals surface area (Å²) < 4.78 is 16.1. The monoisotopic (exact) mass is 464 g/mol. The Bertz CT molecular complexity index is 1140. The molecule has 1 N–H and O–H groups in total. The van der Waals surface area contributed by atoms with Crippen molar-refractivity contribution in [2.24, 2.45) is 0 Å². The van der Waals surface area contributed by atoms with Gasteiger partial charge in [0, 0.05) is 30.3 Å². The number of nitrogens with one attached hydrogen (secondary N) is 1. The number of ether oxygens (including phenoxy) is 3. The number of carbonyl (C=O) groups is 2. The van der Waals surface area contributed by atoms with Crippen LogP contribution in [0.15, 0.2) is 54.6 Å². The number of hydrogen-bond acceptors (Lipinski definition) is 5. The van der Waals surface area contributed by atoms with Crippen molar-refractivity contribution < 1.29 is 23.8 Å². The lowest BCUT2D eigenvalue weighted by molar-refractivity contribution is -0.116. The van der Waals surface area contributed by atoms with Gasteiger partial charge in [-0.2, -0.15) is 0 Å². The maximum absolute atomic E-state index is 13.4. The molecule has 3 aromatic rings. The number of rotatable bonds is 10. The summed E-state index contributed by atoms with van der Waals surface area (Å²) in [4.78, 5) is 27.9. The summed E-state index contributed by atoms with van der Waals surface area (Å²) >= 11 is 0. The van der Waals surface area contributed by atoms with Crippen LogP contribution in [0.25, 0.3) is 10.8 Å². The molecule has 7 nitrogen and oxygen atoms in total. The summed E-state index contributed by atoms with van der Waals surface area (Å²) in [5.74, 6) is 0.881. The number of amides is 2. The molecule has 0 bridgehead atoms. The first-order chi connectivity index (χ1) is 16.4. The molecule has 0 spiro atoms. The zero-order valence-corrected chi connectivity index (χ0v) is 20.4. The van der Waals surface area contributed by atoms with E-state index in [0.717, 1.165) is 22.9 Å². The van der Waals surface area contributed by atoms with E-state index in [1.807, 2.05) is 56.3 Å². The molecular weight excluding hydrogens is 432 g/mol. The van der Waals surface area contributed by atoms with Gasteiger partial charge in [0.2, 0.25) is 11.7 Å². The van der Waals surface area contributed by atoms with E-state index in [1.54, 1.807) is 17.0 Å². The molecule has 0 heterocycles. The van der Waals surface area contributed by atoms with Crippen LogP contribution in [0, 0.1) is 0 Å². The van der Waals surface area contributed by atoms with Crippen molar-refractivity contribution in [1.82, 2.24) is 4.90 Å². The third-order valence-electron chi connectivity index (χ3n) is 5.91. The Morgan fingerprint density at radius 1 is 0.912 bits per heavy atom. The molecule has 0 fully saturated rings. The largest absolute Gasteiger partial charge is 0.493 e. The lowest BCUT2D eigenvalue weighted by atomic mass is 10.1. The molecule has 0 aliphatic rings. The van der Waals surface area contributed by atoms with Gasteiger partial charge in [0.15, 0.2) is 11.5 Å². The molecule has 1 unspecified atom stereocenters. The highest BCUT2D eigenvalue weighted by Gasteiger charge is 2.24. The van der Waals surface area contributed by atoms with E-state index in [1.165, 1.54) is 21.3 Å². The van der Waals surface area contributed by atoms with E-state index >= 15 is 0 Å². The van der Waals surface area contributed by atoms with Crippen LogP contribution >= 0.6 is 0 Å². The normalized spacial score (nSPS) is 11.6. The number of nitrogens with zero attached hydrogens (tertiary/aromatic N) is 1. The van der Waals surface area contributed by atoms with Gasteiger partial charge in [-0.1, -0.05) is 37.3 Å². The summed E-state index contributed by atoms with van der Waals surface area (Å²) in [7, 11) is 4.53. The molecule has 0 saturated carbocycles. The third kappa shape index (κ3) is 5.60. The minimum atomic E-state index is -0.202. The fourth-order valence-corrected chi connectivity index (χ4v) is 3.83. The molecule has 0 radical (unpaired) electrons. The van der Waals surface area contributed by atoms with E-state index in [-0.39, 0.29) is 30.8 Å². The molecule has 180 valence electrons. The lowest BCUT2D eigenvalue weighted by Crippen LogP contribution is -2.40. The predicted molar refractivity (Wildman–Crippen MR) is 134 cm³/mol. The van der Waals surface area contributed by atoms with Crippen molar-refractivity contribution in [2.45, 2.75) is 32.7 Å². The van der Waals surface area contributed by atoms with E-state index in [0.29, 0.717) is 22.8 Å². The second-order valence-corrected chi connectivity index (χ2v) is 8.03. The Balaban J connectivity index is 1.75. The van der Waals surface area contributed by atoms with E-state index in [9.17, 15) is 9.59 Å². The SMILES string of the molecule is CCC(C)N(CCC(=O)Nc1ccc2ccccc2c1)C(=O)c1cc(OC)c(OC)c(OC)c1. The quantitative estimate of drug-likeness (QED) is 0.450. The molecular formula is C27H32N2O5. The number of carbonyl (C=O) groups excluding carboxylic acids is 2. The van der Waals surface area contributed by atoms with Crippen molar-refractivity contribution in [3.05, 3.63) is 60.2 Å². The first-order valence-electron chi connectivity index (χ1n) is 11.3. The van der Waals surface area contributed by atoms with Crippen LogP contribution < -0.4 is 19.5 Å². The van der Waals surface area contributed by atoms with Crippen LogP contribution in [0.4, 0.5) is 5.69 Å². The highest BCUT2D eigenvalue weighted by molar-refractivity contribution is 5.97. The molecule has 34 heavy (non-hydrogen) atoms. The summed E-state index contributed by atoms with van der Waals surface area (Å²) in [6.45, 7) is 4.26. The number of methoxy groups -OCH3 is 3. The molecule has 0 saturated heterocycles. The van der Waals surface area contributed by atoms with Gasteiger partial charge in [0.05, 0.1) is 21.3 Å². The zero-order valence-electron chi connectivity index (χ0n) is 20.4. The fourth-order valence-electron chi connectivity index (χ4n) is 3.83. The van der Waals surface area contributed by atoms with Crippen molar-refractivity contribution in [3.8, 4) is 17.2 Å². The van der Waals surface area contributed by atoms with Gasteiger partial charge in [-0.15, -0.1) is 0 Å². The van der Waals surface area contributed by atoms with Gasteiger partial charge in [0.25, 0.3) is 5.91 Å². The number of fused-ring (bicyclic) bond motifs is 1. The van der Waals surface area contributed by atoms with Gasteiger partial charge < -0.3 is 24.4 Å². The molecule has 0 aliphatic carbocycles. The highest BCUT2D eigenvalue weighted by Crippen LogP contribution is 2.38. The molecule has 3 rings (SSSR count). The Hall–Kier alpha value is -3.74. The average Bonchev–Trinajstić information content (AvgIpc) is 2.87. The average molecular weight is 465 g/mol. The first-order valence-corrected chi connectivity index (χ1v) is 11.3. The maximum atomic E-state index is 13.4. The second kappa shape index (κ2) is 11.4. The molecule has 0 aliphatic heterocycles. The van der Waals surface area contributed by atoms with Gasteiger partial charge >= 0.3 is 0 Å². The van der Waals surface area contributed by atoms with Crippen molar-refractivity contribution in [2.75, 3.05) is 33.2 Å². The van der Waals surface area contributed by atoms with Crippen LogP contribution in [-0.4, -0.2) is 50.6 Å². The molecule has 1 atom stereocenters. The topological polar surface area (TPSA) is 77.1 Å². The standard InChI is InChI=1S/C27H32N2O5/c1-6-18(2)29(27(31)21-16-23(32-3)26(34-5)24(17-21)33-4)14-13-25(30)28-22-12-11-19-9-7-8-10-20(19)15-22/h7-12,15-18H,6,13-14H2,1-5H3,(H,28,30). The van der Waals surface area contributed by atoms with Crippen LogP contribution in [0.2, 0.25) is 0 Å². The Kier molecular flexibility index (Phi) is 8.35.